The highest BCUT2D eigenvalue weighted by atomic mass is 31.2. The Balaban J connectivity index is 2.09. The Morgan fingerprint density at radius 2 is 1.81 bits per heavy atom. The van der Waals surface area contributed by atoms with E-state index in [0.29, 0.717) is 5.56 Å². The van der Waals surface area contributed by atoms with Crippen LogP contribution in [0, 0.1) is 0 Å². The fourth-order valence-electron chi connectivity index (χ4n) is 1.95. The monoisotopic (exact) mass is 311 g/mol. The summed E-state index contributed by atoms with van der Waals surface area (Å²) in [6.07, 6.45) is 1.61. The van der Waals surface area contributed by atoms with Crippen LogP contribution in [0.1, 0.15) is 24.2 Å². The van der Waals surface area contributed by atoms with E-state index < -0.39 is 7.82 Å². The van der Waals surface area contributed by atoms with Crippen molar-refractivity contribution in [3.05, 3.63) is 36.0 Å². The molecule has 2 rings (SSSR count). The van der Waals surface area contributed by atoms with Gasteiger partial charge in [-0.3, -0.25) is 18.4 Å². The fraction of sp³-hybridized carbons (Fsp3) is 0.357. The second-order valence-electron chi connectivity index (χ2n) is 4.23. The predicted octanol–water partition coefficient (Wildman–Crippen LogP) is 3.55. The number of fused-ring (bicyclic) bond motifs is 1. The molecule has 0 bridgehead atoms. The van der Waals surface area contributed by atoms with Gasteiger partial charge in [0.25, 0.3) is 0 Å². The number of aromatic amines is 1. The van der Waals surface area contributed by atoms with Crippen molar-refractivity contribution in [2.24, 2.45) is 0 Å². The van der Waals surface area contributed by atoms with Crippen molar-refractivity contribution in [2.75, 3.05) is 19.8 Å². The smallest absolute Gasteiger partial charge is 0.360 e. The molecule has 0 amide bonds. The summed E-state index contributed by atoms with van der Waals surface area (Å²) in [5.41, 5.74) is 1.35. The molecule has 7 heteroatoms. The van der Waals surface area contributed by atoms with E-state index in [-0.39, 0.29) is 25.6 Å². The quantitative estimate of drug-likeness (QED) is 0.596. The van der Waals surface area contributed by atoms with Crippen LogP contribution in [-0.2, 0) is 18.1 Å². The Bertz CT molecular complexity index is 656. The zero-order valence-electron chi connectivity index (χ0n) is 12.0. The van der Waals surface area contributed by atoms with Crippen LogP contribution >= 0.6 is 7.82 Å². The molecule has 114 valence electrons. The fourth-order valence-corrected chi connectivity index (χ4v) is 3.08. The topological polar surface area (TPSA) is 77.6 Å². The van der Waals surface area contributed by atoms with Gasteiger partial charge in [-0.2, -0.15) is 0 Å². The number of para-hydroxylation sites is 1. The number of carbonyl (C=O) groups excluding carboxylic acids is 1. The van der Waals surface area contributed by atoms with Crippen LogP contribution < -0.4 is 0 Å². The lowest BCUT2D eigenvalue weighted by Crippen LogP contribution is -2.10. The highest BCUT2D eigenvalue weighted by Gasteiger charge is 2.27. The van der Waals surface area contributed by atoms with Gasteiger partial charge in [0.1, 0.15) is 6.61 Å². The molecule has 6 nitrogen and oxygen atoms in total. The molecule has 0 unspecified atom stereocenters. The van der Waals surface area contributed by atoms with E-state index in [2.05, 4.69) is 4.98 Å². The number of nitrogens with one attached hydrogen (secondary N) is 1. The normalized spacial score (nSPS) is 11.9. The van der Waals surface area contributed by atoms with Gasteiger partial charge in [0.2, 0.25) is 0 Å². The minimum atomic E-state index is -3.67. The third-order valence-electron chi connectivity index (χ3n) is 2.82. The van der Waals surface area contributed by atoms with E-state index in [9.17, 15) is 9.36 Å². The third-order valence-corrected chi connectivity index (χ3v) is 4.41. The van der Waals surface area contributed by atoms with Crippen LogP contribution in [0.4, 0.5) is 0 Å². The van der Waals surface area contributed by atoms with Crippen LogP contribution in [-0.4, -0.2) is 30.6 Å². The molecule has 1 N–H and O–H groups in total. The molecule has 2 aromatic rings. The summed E-state index contributed by atoms with van der Waals surface area (Å²) < 4.78 is 27.2. The first-order valence-corrected chi connectivity index (χ1v) is 8.18. The van der Waals surface area contributed by atoms with Crippen LogP contribution in [0.2, 0.25) is 0 Å². The maximum atomic E-state index is 12.2. The standard InChI is InChI=1S/C14H18NO5P/c1-3-18-21(17,19-4-2)20-10-14(16)12-9-15-13-8-6-5-7-11(12)13/h5-9,15H,3-4,10H2,1-2H3. The molecule has 0 saturated heterocycles. The van der Waals surface area contributed by atoms with E-state index in [1.807, 2.05) is 24.3 Å². The van der Waals surface area contributed by atoms with Crippen molar-refractivity contribution in [2.45, 2.75) is 13.8 Å². The van der Waals surface area contributed by atoms with E-state index in [4.69, 9.17) is 13.6 Å². The number of ketones is 1. The van der Waals surface area contributed by atoms with E-state index in [1.165, 1.54) is 0 Å². The summed E-state index contributed by atoms with van der Waals surface area (Å²) in [5, 5.41) is 0.800. The van der Waals surface area contributed by atoms with Crippen molar-refractivity contribution in [1.82, 2.24) is 4.98 Å². The molecule has 0 saturated carbocycles. The number of H-pyrrole nitrogens is 1. The van der Waals surface area contributed by atoms with Crippen LogP contribution in [0.25, 0.3) is 10.9 Å². The Morgan fingerprint density at radius 3 is 2.48 bits per heavy atom. The van der Waals surface area contributed by atoms with Crippen molar-refractivity contribution in [1.29, 1.82) is 0 Å². The van der Waals surface area contributed by atoms with Gasteiger partial charge < -0.3 is 4.98 Å². The van der Waals surface area contributed by atoms with Gasteiger partial charge in [-0.05, 0) is 19.9 Å². The lowest BCUT2D eigenvalue weighted by atomic mass is 10.1. The van der Waals surface area contributed by atoms with Crippen molar-refractivity contribution in [3.63, 3.8) is 0 Å². The number of hydrogen-bond donors (Lipinski definition) is 1. The van der Waals surface area contributed by atoms with Gasteiger partial charge in [0.05, 0.1) is 13.2 Å². The maximum Gasteiger partial charge on any atom is 0.475 e. The first kappa shape index (κ1) is 15.9. The predicted molar refractivity (Wildman–Crippen MR) is 79.4 cm³/mol. The first-order chi connectivity index (χ1) is 10.1. The molecule has 1 heterocycles. The summed E-state index contributed by atoms with van der Waals surface area (Å²) >= 11 is 0. The molecule has 21 heavy (non-hydrogen) atoms. The Morgan fingerprint density at radius 1 is 1.14 bits per heavy atom. The minimum absolute atomic E-state index is 0.179. The maximum absolute atomic E-state index is 12.2. The Kier molecular flexibility index (Phi) is 5.31. The van der Waals surface area contributed by atoms with Crippen molar-refractivity contribution >= 4 is 24.5 Å². The molecule has 0 aliphatic heterocycles. The SMILES string of the molecule is CCOP(=O)(OCC)OCC(=O)c1c[nH]c2ccccc12. The van der Waals surface area contributed by atoms with Gasteiger partial charge in [-0.25, -0.2) is 4.57 Å². The summed E-state index contributed by atoms with van der Waals surface area (Å²) in [6.45, 7) is 3.35. The number of rotatable bonds is 8. The largest absolute Gasteiger partial charge is 0.475 e. The number of hydrogen-bond acceptors (Lipinski definition) is 5. The van der Waals surface area contributed by atoms with Crippen LogP contribution in [0.3, 0.4) is 0 Å². The summed E-state index contributed by atoms with van der Waals surface area (Å²) in [7, 11) is -3.67. The number of aromatic nitrogens is 1. The number of phosphoric ester groups is 1. The molecule has 0 aliphatic rings. The molecule has 0 atom stereocenters. The second kappa shape index (κ2) is 7.00. The van der Waals surface area contributed by atoms with Crippen LogP contribution in [0.5, 0.6) is 0 Å². The van der Waals surface area contributed by atoms with Crippen molar-refractivity contribution < 1.29 is 22.9 Å². The van der Waals surface area contributed by atoms with Gasteiger partial charge in [-0.15, -0.1) is 0 Å². The molecule has 1 aromatic carbocycles. The summed E-state index contributed by atoms with van der Waals surface area (Å²) in [5.74, 6) is -0.285. The van der Waals surface area contributed by atoms with E-state index in [1.54, 1.807) is 20.0 Å². The zero-order valence-corrected chi connectivity index (χ0v) is 12.9. The minimum Gasteiger partial charge on any atom is -0.360 e. The Hall–Kier alpha value is -1.46. The van der Waals surface area contributed by atoms with Crippen LogP contribution in [0.15, 0.2) is 30.5 Å². The average Bonchev–Trinajstić information content (AvgIpc) is 2.89. The molecule has 0 spiro atoms. The Labute approximate surface area is 123 Å². The van der Waals surface area contributed by atoms with Gasteiger partial charge in [-0.1, -0.05) is 18.2 Å². The molecule has 0 radical (unpaired) electrons. The van der Waals surface area contributed by atoms with Gasteiger partial charge >= 0.3 is 7.82 Å². The highest BCUT2D eigenvalue weighted by Crippen LogP contribution is 2.49. The van der Waals surface area contributed by atoms with Crippen molar-refractivity contribution in [3.8, 4) is 0 Å². The molecular weight excluding hydrogens is 293 g/mol. The van der Waals surface area contributed by atoms with E-state index >= 15 is 0 Å². The lowest BCUT2D eigenvalue weighted by molar-refractivity contribution is 0.0817. The number of phosphoric acid groups is 1. The average molecular weight is 311 g/mol. The lowest BCUT2D eigenvalue weighted by Gasteiger charge is -2.15. The molecule has 0 aliphatic carbocycles. The summed E-state index contributed by atoms with van der Waals surface area (Å²) in [6, 6.07) is 7.43. The third kappa shape index (κ3) is 3.80. The van der Waals surface area contributed by atoms with E-state index in [0.717, 1.165) is 10.9 Å². The number of Topliss-reactive ketones (excluding diaryl/α,β-unsaturated/α-hetero) is 1. The highest BCUT2D eigenvalue weighted by molar-refractivity contribution is 7.48. The zero-order chi connectivity index (χ0) is 15.3. The summed E-state index contributed by atoms with van der Waals surface area (Å²) in [4.78, 5) is 15.2. The van der Waals surface area contributed by atoms with Gasteiger partial charge in [0, 0.05) is 22.7 Å². The molecular formula is C14H18NO5P. The first-order valence-electron chi connectivity index (χ1n) is 6.72. The number of benzene rings is 1. The second-order valence-corrected chi connectivity index (χ2v) is 5.90. The number of carbonyl (C=O) groups is 1. The van der Waals surface area contributed by atoms with Gasteiger partial charge in [0.15, 0.2) is 5.78 Å². The molecule has 0 fully saturated rings. The molecule has 1 aromatic heterocycles.